The number of ether oxygens (including phenoxy) is 2. The van der Waals surface area contributed by atoms with Crippen LogP contribution in [0.2, 0.25) is 0 Å². The molecule has 1 aliphatic rings. The number of benzene rings is 1. The van der Waals surface area contributed by atoms with Crippen molar-refractivity contribution in [1.82, 2.24) is 0 Å². The van der Waals surface area contributed by atoms with Crippen molar-refractivity contribution in [3.8, 4) is 11.5 Å². The quantitative estimate of drug-likeness (QED) is 0.916. The first kappa shape index (κ1) is 12.5. The van der Waals surface area contributed by atoms with Crippen molar-refractivity contribution in [3.63, 3.8) is 0 Å². The maximum Gasteiger partial charge on any atom is 0.161 e. The smallest absolute Gasteiger partial charge is 0.161 e. The third-order valence-electron chi connectivity index (χ3n) is 3.32. The predicted molar refractivity (Wildman–Crippen MR) is 75.2 cm³/mol. The minimum Gasteiger partial charge on any atom is -0.486 e. The van der Waals surface area contributed by atoms with Crippen LogP contribution < -0.4 is 9.47 Å². The molecule has 0 bridgehead atoms. The molecule has 1 aliphatic heterocycles. The van der Waals surface area contributed by atoms with E-state index in [-0.39, 0.29) is 0 Å². The summed E-state index contributed by atoms with van der Waals surface area (Å²) in [7, 11) is 0. The van der Waals surface area contributed by atoms with Crippen LogP contribution in [0.4, 0.5) is 0 Å². The Bertz CT molecular complexity index is 601. The molecule has 3 rings (SSSR count). The first-order valence-corrected chi connectivity index (χ1v) is 7.08. The van der Waals surface area contributed by atoms with Crippen LogP contribution in [-0.2, 0) is 5.60 Å². The molecule has 1 aromatic carbocycles. The Morgan fingerprint density at radius 3 is 2.53 bits per heavy atom. The van der Waals surface area contributed by atoms with Crippen LogP contribution >= 0.6 is 11.3 Å². The summed E-state index contributed by atoms with van der Waals surface area (Å²) in [5.74, 6) is 1.45. The first-order valence-electron chi connectivity index (χ1n) is 6.27. The molecule has 0 saturated heterocycles. The van der Waals surface area contributed by atoms with Crippen molar-refractivity contribution in [1.29, 1.82) is 0 Å². The average molecular weight is 276 g/mol. The lowest BCUT2D eigenvalue weighted by Gasteiger charge is -2.25. The molecule has 0 spiro atoms. The van der Waals surface area contributed by atoms with E-state index in [0.29, 0.717) is 19.0 Å². The summed E-state index contributed by atoms with van der Waals surface area (Å²) in [6.07, 6.45) is 0. The molecule has 2 aromatic rings. The third-order valence-corrected chi connectivity index (χ3v) is 4.54. The number of thiophene rings is 1. The monoisotopic (exact) mass is 276 g/mol. The van der Waals surface area contributed by atoms with E-state index in [0.717, 1.165) is 16.2 Å². The lowest BCUT2D eigenvalue weighted by Crippen LogP contribution is -2.22. The van der Waals surface area contributed by atoms with Gasteiger partial charge in [-0.15, -0.1) is 11.3 Å². The van der Waals surface area contributed by atoms with E-state index in [2.05, 4.69) is 0 Å². The van der Waals surface area contributed by atoms with Crippen LogP contribution in [0.15, 0.2) is 30.3 Å². The van der Waals surface area contributed by atoms with Crippen LogP contribution in [0.3, 0.4) is 0 Å². The minimum atomic E-state index is -1.01. The Morgan fingerprint density at radius 2 is 1.84 bits per heavy atom. The van der Waals surface area contributed by atoms with Gasteiger partial charge in [0.25, 0.3) is 0 Å². The van der Waals surface area contributed by atoms with Gasteiger partial charge in [-0.25, -0.2) is 0 Å². The van der Waals surface area contributed by atoms with Crippen molar-refractivity contribution < 1.29 is 14.6 Å². The predicted octanol–water partition coefficient (Wildman–Crippen LogP) is 3.08. The maximum absolute atomic E-state index is 10.8. The Labute approximate surface area is 116 Å². The molecule has 0 radical (unpaired) electrons. The van der Waals surface area contributed by atoms with Gasteiger partial charge in [-0.05, 0) is 43.7 Å². The van der Waals surface area contributed by atoms with Crippen LogP contribution in [0, 0.1) is 6.92 Å². The van der Waals surface area contributed by atoms with Crippen molar-refractivity contribution in [3.05, 3.63) is 45.6 Å². The Hall–Kier alpha value is -1.52. The standard InChI is InChI=1S/C15H16O3S/c1-10-3-6-14(19-10)15(2,16)11-4-5-12-13(9-11)18-8-7-17-12/h3-6,9,16H,7-8H2,1-2H3. The van der Waals surface area contributed by atoms with Crippen LogP contribution in [0.1, 0.15) is 22.2 Å². The molecule has 3 nitrogen and oxygen atoms in total. The van der Waals surface area contributed by atoms with Gasteiger partial charge in [0.1, 0.15) is 18.8 Å². The normalized spacial score (nSPS) is 17.0. The van der Waals surface area contributed by atoms with Gasteiger partial charge in [-0.3, -0.25) is 0 Å². The highest BCUT2D eigenvalue weighted by molar-refractivity contribution is 7.12. The summed E-state index contributed by atoms with van der Waals surface area (Å²) in [5.41, 5.74) is -0.187. The van der Waals surface area contributed by atoms with E-state index >= 15 is 0 Å². The zero-order valence-corrected chi connectivity index (χ0v) is 11.8. The highest BCUT2D eigenvalue weighted by Crippen LogP contribution is 2.38. The summed E-state index contributed by atoms with van der Waals surface area (Å²) < 4.78 is 11.1. The molecule has 100 valence electrons. The average Bonchev–Trinajstić information content (AvgIpc) is 2.85. The van der Waals surface area contributed by atoms with Gasteiger partial charge >= 0.3 is 0 Å². The second-order valence-corrected chi connectivity index (χ2v) is 6.13. The highest BCUT2D eigenvalue weighted by Gasteiger charge is 2.28. The topological polar surface area (TPSA) is 38.7 Å². The van der Waals surface area contributed by atoms with E-state index in [1.807, 2.05) is 44.2 Å². The molecule has 0 saturated carbocycles. The Balaban J connectivity index is 2.01. The van der Waals surface area contributed by atoms with Gasteiger partial charge in [0.2, 0.25) is 0 Å². The molecule has 0 amide bonds. The SMILES string of the molecule is Cc1ccc(C(C)(O)c2ccc3c(c2)OCCO3)s1. The zero-order chi connectivity index (χ0) is 13.5. The van der Waals surface area contributed by atoms with Crippen molar-refractivity contribution in [2.75, 3.05) is 13.2 Å². The molecule has 1 aromatic heterocycles. The van der Waals surface area contributed by atoms with Crippen LogP contribution in [-0.4, -0.2) is 18.3 Å². The number of aryl methyl sites for hydroxylation is 1. The van der Waals surface area contributed by atoms with Crippen molar-refractivity contribution in [2.24, 2.45) is 0 Å². The first-order chi connectivity index (χ1) is 9.07. The fourth-order valence-corrected chi connectivity index (χ4v) is 3.12. The van der Waals surface area contributed by atoms with Crippen molar-refractivity contribution >= 4 is 11.3 Å². The fraction of sp³-hybridized carbons (Fsp3) is 0.333. The number of rotatable bonds is 2. The summed E-state index contributed by atoms with van der Waals surface area (Å²) in [4.78, 5) is 2.12. The van der Waals surface area contributed by atoms with Gasteiger partial charge in [-0.1, -0.05) is 6.07 Å². The lowest BCUT2D eigenvalue weighted by molar-refractivity contribution is 0.105. The molecular formula is C15H16O3S. The maximum atomic E-state index is 10.8. The number of hydrogen-bond acceptors (Lipinski definition) is 4. The molecule has 1 atom stereocenters. The summed E-state index contributed by atoms with van der Waals surface area (Å²) in [6, 6.07) is 9.61. The van der Waals surface area contributed by atoms with Gasteiger partial charge < -0.3 is 14.6 Å². The molecule has 2 heterocycles. The van der Waals surface area contributed by atoms with Crippen LogP contribution in [0.5, 0.6) is 11.5 Å². The highest BCUT2D eigenvalue weighted by atomic mass is 32.1. The molecule has 19 heavy (non-hydrogen) atoms. The Kier molecular flexibility index (Phi) is 2.99. The molecule has 4 heteroatoms. The molecule has 0 fully saturated rings. The van der Waals surface area contributed by atoms with E-state index in [1.165, 1.54) is 4.88 Å². The third kappa shape index (κ3) is 2.22. The largest absolute Gasteiger partial charge is 0.486 e. The molecule has 1 unspecified atom stereocenters. The fourth-order valence-electron chi connectivity index (χ4n) is 2.18. The number of hydrogen-bond donors (Lipinski definition) is 1. The van der Waals surface area contributed by atoms with Crippen molar-refractivity contribution in [2.45, 2.75) is 19.4 Å². The van der Waals surface area contributed by atoms with Gasteiger partial charge in [0, 0.05) is 9.75 Å². The number of fused-ring (bicyclic) bond motifs is 1. The van der Waals surface area contributed by atoms with Gasteiger partial charge in [-0.2, -0.15) is 0 Å². The zero-order valence-electron chi connectivity index (χ0n) is 11.0. The van der Waals surface area contributed by atoms with Gasteiger partial charge in [0.05, 0.1) is 0 Å². The summed E-state index contributed by atoms with van der Waals surface area (Å²) >= 11 is 1.60. The summed E-state index contributed by atoms with van der Waals surface area (Å²) in [5, 5.41) is 10.8. The number of aliphatic hydroxyl groups is 1. The molecule has 1 N–H and O–H groups in total. The van der Waals surface area contributed by atoms with Crippen LogP contribution in [0.25, 0.3) is 0 Å². The summed E-state index contributed by atoms with van der Waals surface area (Å²) in [6.45, 7) is 4.97. The van der Waals surface area contributed by atoms with Gasteiger partial charge in [0.15, 0.2) is 11.5 Å². The Morgan fingerprint density at radius 1 is 1.11 bits per heavy atom. The van der Waals surface area contributed by atoms with E-state index < -0.39 is 5.60 Å². The molecular weight excluding hydrogens is 260 g/mol. The van der Waals surface area contributed by atoms with E-state index in [1.54, 1.807) is 11.3 Å². The second kappa shape index (κ2) is 4.54. The molecule has 0 aliphatic carbocycles. The second-order valence-electron chi connectivity index (χ2n) is 4.84. The van der Waals surface area contributed by atoms with E-state index in [4.69, 9.17) is 9.47 Å². The minimum absolute atomic E-state index is 0.552. The van der Waals surface area contributed by atoms with E-state index in [9.17, 15) is 5.11 Å². The lowest BCUT2D eigenvalue weighted by atomic mass is 9.94.